The van der Waals surface area contributed by atoms with Crippen LogP contribution in [0.4, 0.5) is 0 Å². The van der Waals surface area contributed by atoms with Crippen LogP contribution < -0.4 is 0 Å². The molecule has 0 bridgehead atoms. The number of halogens is 2. The van der Waals surface area contributed by atoms with Crippen LogP contribution in [0.1, 0.15) is 11.1 Å². The molecule has 0 atom stereocenters. The number of aromatic amines is 1. The molecule has 0 unspecified atom stereocenters. The van der Waals surface area contributed by atoms with Crippen molar-refractivity contribution in [2.24, 2.45) is 0 Å². The molecule has 0 fully saturated rings. The van der Waals surface area contributed by atoms with Gasteiger partial charge in [-0.1, -0.05) is 27.5 Å². The molecule has 2 aromatic carbocycles. The molecule has 0 saturated heterocycles. The maximum atomic E-state index is 10.0. The number of hydrogen-bond acceptors (Lipinski definition) is 1. The zero-order valence-corrected chi connectivity index (χ0v) is 14.1. The van der Waals surface area contributed by atoms with Gasteiger partial charge in [-0.05, 0) is 52.8 Å². The summed E-state index contributed by atoms with van der Waals surface area (Å²) in [5.74, 6) is 0. The summed E-state index contributed by atoms with van der Waals surface area (Å²) in [6.07, 6.45) is 4.44. The zero-order valence-electron chi connectivity index (χ0n) is 11.8. The van der Waals surface area contributed by atoms with Gasteiger partial charge in [0, 0.05) is 38.6 Å². The quantitative estimate of drug-likeness (QED) is 0.295. The van der Waals surface area contributed by atoms with Gasteiger partial charge in [-0.25, -0.2) is 0 Å². The van der Waals surface area contributed by atoms with Gasteiger partial charge in [0.05, 0.1) is 0 Å². The summed E-state index contributed by atoms with van der Waals surface area (Å²) in [5, 5.41) is 11.9. The highest BCUT2D eigenvalue weighted by atomic mass is 79.9. The summed E-state index contributed by atoms with van der Waals surface area (Å²) < 4.78 is 2.26. The minimum Gasteiger partial charge on any atom is -0.361 e. The molecule has 0 saturated carbocycles. The van der Waals surface area contributed by atoms with Gasteiger partial charge in [0.15, 0.2) is 6.54 Å². The van der Waals surface area contributed by atoms with Crippen LogP contribution in [-0.4, -0.2) is 27.7 Å². The first-order chi connectivity index (χ1) is 10.6. The predicted octanol–water partition coefficient (Wildman–Crippen LogP) is 4.65. The summed E-state index contributed by atoms with van der Waals surface area (Å²) in [6.45, 7) is 0.516. The van der Waals surface area contributed by atoms with Crippen LogP contribution in [0, 0.1) is 0 Å². The highest BCUT2D eigenvalue weighted by Crippen LogP contribution is 2.23. The molecule has 0 spiro atoms. The number of rotatable bonds is 4. The van der Waals surface area contributed by atoms with Crippen molar-refractivity contribution in [3.8, 4) is 0 Å². The minimum atomic E-state index is 0.516. The van der Waals surface area contributed by atoms with Crippen molar-refractivity contribution in [2.45, 2.75) is 6.42 Å². The SMILES string of the molecule is O/[N+](=C\c1ccc(Cl)cc1)CCc1c[nH]c2ccc(Br)cc12. The second kappa shape index (κ2) is 6.55. The van der Waals surface area contributed by atoms with Gasteiger partial charge in [-0.15, -0.1) is 0 Å². The standard InChI is InChI=1S/C17H15BrClN2O/c18-14-3-6-17-16(9-14)13(10-20-17)7-8-21(22)11-12-1-4-15(19)5-2-12/h1-6,9-11,20,22H,7-8H2/q+1/b21-11-. The third-order valence-corrected chi connectivity index (χ3v) is 4.25. The zero-order chi connectivity index (χ0) is 15.5. The lowest BCUT2D eigenvalue weighted by molar-refractivity contribution is -0.770. The number of aromatic nitrogens is 1. The fourth-order valence-corrected chi connectivity index (χ4v) is 2.87. The molecule has 3 aromatic rings. The Morgan fingerprint density at radius 2 is 1.95 bits per heavy atom. The van der Waals surface area contributed by atoms with Gasteiger partial charge in [0.25, 0.3) is 0 Å². The van der Waals surface area contributed by atoms with Crippen molar-refractivity contribution >= 4 is 44.6 Å². The van der Waals surface area contributed by atoms with Crippen LogP contribution in [0.2, 0.25) is 5.02 Å². The van der Waals surface area contributed by atoms with Crippen molar-refractivity contribution < 1.29 is 9.95 Å². The Labute approximate surface area is 141 Å². The first kappa shape index (κ1) is 15.1. The Kier molecular flexibility index (Phi) is 4.50. The third kappa shape index (κ3) is 3.51. The van der Waals surface area contributed by atoms with Crippen LogP contribution in [0.15, 0.2) is 53.1 Å². The minimum absolute atomic E-state index is 0.516. The van der Waals surface area contributed by atoms with Crippen LogP contribution in [0.25, 0.3) is 10.9 Å². The average molecular weight is 379 g/mol. The van der Waals surface area contributed by atoms with Crippen molar-refractivity contribution in [1.82, 2.24) is 4.98 Å². The van der Waals surface area contributed by atoms with Gasteiger partial charge >= 0.3 is 0 Å². The molecule has 0 amide bonds. The lowest BCUT2D eigenvalue weighted by Gasteiger charge is -1.97. The van der Waals surface area contributed by atoms with E-state index in [1.54, 1.807) is 18.3 Å². The normalized spacial score (nSPS) is 12.0. The second-order valence-electron chi connectivity index (χ2n) is 5.10. The van der Waals surface area contributed by atoms with Crippen LogP contribution in [0.3, 0.4) is 0 Å². The maximum absolute atomic E-state index is 10.0. The first-order valence-electron chi connectivity index (χ1n) is 6.93. The number of H-pyrrole nitrogens is 1. The lowest BCUT2D eigenvalue weighted by atomic mass is 10.1. The van der Waals surface area contributed by atoms with Crippen LogP contribution >= 0.6 is 27.5 Å². The van der Waals surface area contributed by atoms with E-state index in [-0.39, 0.29) is 0 Å². The summed E-state index contributed by atoms with van der Waals surface area (Å²) in [5.41, 5.74) is 3.19. The van der Waals surface area contributed by atoms with Crippen molar-refractivity contribution in [3.05, 3.63) is 69.3 Å². The van der Waals surface area contributed by atoms with Crippen molar-refractivity contribution in [1.29, 1.82) is 0 Å². The fraction of sp³-hybridized carbons (Fsp3) is 0.118. The molecule has 5 heteroatoms. The number of hydroxylamine groups is 1. The monoisotopic (exact) mass is 377 g/mol. The number of hydrogen-bond donors (Lipinski definition) is 2. The Morgan fingerprint density at radius 1 is 1.18 bits per heavy atom. The lowest BCUT2D eigenvalue weighted by Crippen LogP contribution is -2.12. The van der Waals surface area contributed by atoms with Crippen LogP contribution in [-0.2, 0) is 6.42 Å². The summed E-state index contributed by atoms with van der Waals surface area (Å²) in [4.78, 5) is 3.25. The van der Waals surface area contributed by atoms with Gasteiger partial charge < -0.3 is 4.98 Å². The highest BCUT2D eigenvalue weighted by molar-refractivity contribution is 9.10. The third-order valence-electron chi connectivity index (χ3n) is 3.51. The second-order valence-corrected chi connectivity index (χ2v) is 6.45. The highest BCUT2D eigenvalue weighted by Gasteiger charge is 2.08. The number of nitrogens with one attached hydrogen (secondary N) is 1. The van der Waals surface area contributed by atoms with E-state index < -0.39 is 0 Å². The average Bonchev–Trinajstić information content (AvgIpc) is 2.90. The molecule has 0 aliphatic rings. The largest absolute Gasteiger partial charge is 0.361 e. The smallest absolute Gasteiger partial charge is 0.222 e. The molecule has 3 rings (SSSR count). The molecule has 0 aliphatic carbocycles. The topological polar surface area (TPSA) is 39.0 Å². The first-order valence-corrected chi connectivity index (χ1v) is 8.10. The molecule has 1 aromatic heterocycles. The summed E-state index contributed by atoms with van der Waals surface area (Å²) in [6, 6.07) is 13.5. The van der Waals surface area contributed by atoms with E-state index in [1.807, 2.05) is 30.5 Å². The van der Waals surface area contributed by atoms with E-state index in [2.05, 4.69) is 27.0 Å². The van der Waals surface area contributed by atoms with Gasteiger partial charge in [-0.2, -0.15) is 0 Å². The molecule has 22 heavy (non-hydrogen) atoms. The van der Waals surface area contributed by atoms with Crippen LogP contribution in [0.5, 0.6) is 0 Å². The van der Waals surface area contributed by atoms with Gasteiger partial charge in [-0.3, -0.25) is 5.21 Å². The number of benzene rings is 2. The van der Waals surface area contributed by atoms with Crippen molar-refractivity contribution in [3.63, 3.8) is 0 Å². The van der Waals surface area contributed by atoms with Gasteiger partial charge in [0.1, 0.15) is 0 Å². The Hall–Kier alpha value is -1.78. The maximum Gasteiger partial charge on any atom is 0.222 e. The fourth-order valence-electron chi connectivity index (χ4n) is 2.38. The molecular weight excluding hydrogens is 364 g/mol. The van der Waals surface area contributed by atoms with E-state index in [4.69, 9.17) is 11.6 Å². The summed E-state index contributed by atoms with van der Waals surface area (Å²) in [7, 11) is 0. The van der Waals surface area contributed by atoms with E-state index in [1.165, 1.54) is 15.7 Å². The molecule has 0 aliphatic heterocycles. The molecule has 3 nitrogen and oxygen atoms in total. The molecule has 1 heterocycles. The van der Waals surface area contributed by atoms with E-state index >= 15 is 0 Å². The van der Waals surface area contributed by atoms with E-state index in [0.717, 1.165) is 22.0 Å². The molecular formula is C17H15BrClN2O+. The number of nitrogens with zero attached hydrogens (tertiary/aromatic N) is 1. The van der Waals surface area contributed by atoms with Gasteiger partial charge in [0.2, 0.25) is 6.21 Å². The predicted molar refractivity (Wildman–Crippen MR) is 93.2 cm³/mol. The molecule has 112 valence electrons. The Bertz CT molecular complexity index is 824. The number of fused-ring (bicyclic) bond motifs is 1. The summed E-state index contributed by atoms with van der Waals surface area (Å²) >= 11 is 9.34. The van der Waals surface area contributed by atoms with E-state index in [9.17, 15) is 5.21 Å². The van der Waals surface area contributed by atoms with Crippen molar-refractivity contribution in [2.75, 3.05) is 6.54 Å². The van der Waals surface area contributed by atoms with E-state index in [0.29, 0.717) is 11.6 Å². The Balaban J connectivity index is 1.73. The molecule has 0 radical (unpaired) electrons. The Morgan fingerprint density at radius 3 is 2.73 bits per heavy atom. The molecule has 2 N–H and O–H groups in total.